The van der Waals surface area contributed by atoms with Gasteiger partial charge in [0, 0.05) is 12.4 Å². The van der Waals surface area contributed by atoms with Crippen LogP contribution in [-0.4, -0.2) is 34.3 Å². The second kappa shape index (κ2) is 11.6. The van der Waals surface area contributed by atoms with Crippen LogP contribution in [0.25, 0.3) is 10.6 Å². The third kappa shape index (κ3) is 6.27. The molecule has 0 spiro atoms. The average Bonchev–Trinajstić information content (AvgIpc) is 3.43. The van der Waals surface area contributed by atoms with Crippen molar-refractivity contribution in [2.24, 2.45) is 0 Å². The lowest BCUT2D eigenvalue weighted by Gasteiger charge is -2.47. The van der Waals surface area contributed by atoms with Crippen LogP contribution < -0.4 is 5.32 Å². The number of benzene rings is 1. The molecular formula is C33H39FN4O3SSi. The number of hydrogen-bond donors (Lipinski definition) is 2. The van der Waals surface area contributed by atoms with Gasteiger partial charge >= 0.3 is 5.97 Å². The Kier molecular flexibility index (Phi) is 8.32. The molecule has 0 bridgehead atoms. The molecule has 7 nitrogen and oxygen atoms in total. The Morgan fingerprint density at radius 3 is 2.60 bits per heavy atom. The Hall–Kier alpha value is -3.47. The molecule has 0 radical (unpaired) electrons. The minimum atomic E-state index is -2.30. The van der Waals surface area contributed by atoms with Crippen LogP contribution >= 0.6 is 11.3 Å². The van der Waals surface area contributed by atoms with Crippen molar-refractivity contribution in [3.8, 4) is 10.6 Å². The first-order valence-electron chi connectivity index (χ1n) is 14.6. The topological polar surface area (TPSA) is 97.2 Å². The van der Waals surface area contributed by atoms with E-state index >= 15 is 0 Å². The van der Waals surface area contributed by atoms with E-state index in [0.29, 0.717) is 17.2 Å². The summed E-state index contributed by atoms with van der Waals surface area (Å²) >= 11 is 1.56. The van der Waals surface area contributed by atoms with Gasteiger partial charge in [0.05, 0.1) is 16.1 Å². The van der Waals surface area contributed by atoms with Gasteiger partial charge in [-0.1, -0.05) is 26.8 Å². The smallest absolute Gasteiger partial charge is 0.335 e. The number of carboxylic acids is 1. The standard InChI is InChI=1S/C33H39FN4O3SSi/c1-20-15-26(37-29(16-20)38-28-18-22(21(2)34)12-14-35-28)27-19-36-31(42-27)33(41-43(6,7)32(3,4)5)13-8-9-23-17-24(30(39)40)10-11-25(23)33/h10-12,14-19,21H,8-9,13H2,1-7H3,(H,39,40)(H,35,37,38). The van der Waals surface area contributed by atoms with E-state index in [1.54, 1.807) is 41.8 Å². The third-order valence-corrected chi connectivity index (χ3v) is 14.2. The number of aromatic nitrogens is 3. The van der Waals surface area contributed by atoms with Gasteiger partial charge in [0.25, 0.3) is 0 Å². The molecule has 2 atom stereocenters. The zero-order valence-corrected chi connectivity index (χ0v) is 27.6. The molecule has 10 heteroatoms. The Morgan fingerprint density at radius 2 is 1.91 bits per heavy atom. The van der Waals surface area contributed by atoms with Crippen LogP contribution in [0.4, 0.5) is 16.0 Å². The van der Waals surface area contributed by atoms with Crippen molar-refractivity contribution < 1.29 is 18.7 Å². The highest BCUT2D eigenvalue weighted by molar-refractivity contribution is 7.15. The summed E-state index contributed by atoms with van der Waals surface area (Å²) in [7, 11) is -2.30. The number of aromatic carboxylic acids is 1. The fourth-order valence-electron chi connectivity index (χ4n) is 5.28. The summed E-state index contributed by atoms with van der Waals surface area (Å²) < 4.78 is 21.2. The lowest BCUT2D eigenvalue weighted by molar-refractivity contribution is 0.0685. The van der Waals surface area contributed by atoms with Gasteiger partial charge < -0.3 is 14.8 Å². The third-order valence-electron chi connectivity index (χ3n) is 8.57. The van der Waals surface area contributed by atoms with Gasteiger partial charge in [-0.25, -0.2) is 24.1 Å². The second-order valence-electron chi connectivity index (χ2n) is 12.9. The molecule has 43 heavy (non-hydrogen) atoms. The molecular weight excluding hydrogens is 580 g/mol. The first-order valence-corrected chi connectivity index (χ1v) is 18.3. The van der Waals surface area contributed by atoms with Gasteiger partial charge in [-0.2, -0.15) is 0 Å². The first-order chi connectivity index (χ1) is 20.2. The van der Waals surface area contributed by atoms with Crippen molar-refractivity contribution in [3.63, 3.8) is 0 Å². The van der Waals surface area contributed by atoms with Crippen LogP contribution in [-0.2, 0) is 16.4 Å². The monoisotopic (exact) mass is 618 g/mol. The van der Waals surface area contributed by atoms with Crippen molar-refractivity contribution >= 4 is 37.3 Å². The van der Waals surface area contributed by atoms with Crippen molar-refractivity contribution in [1.29, 1.82) is 0 Å². The number of halogens is 1. The first kappa shape index (κ1) is 31.0. The van der Waals surface area contributed by atoms with Crippen molar-refractivity contribution in [1.82, 2.24) is 15.0 Å². The van der Waals surface area contributed by atoms with Crippen molar-refractivity contribution in [2.45, 2.75) is 83.8 Å². The molecule has 1 aliphatic rings. The van der Waals surface area contributed by atoms with E-state index in [1.807, 2.05) is 31.3 Å². The maximum atomic E-state index is 13.9. The van der Waals surface area contributed by atoms with E-state index in [-0.39, 0.29) is 10.6 Å². The van der Waals surface area contributed by atoms with E-state index < -0.39 is 26.1 Å². The molecule has 0 fully saturated rings. The van der Waals surface area contributed by atoms with Crippen molar-refractivity contribution in [3.05, 3.63) is 87.7 Å². The minimum Gasteiger partial charge on any atom is -0.478 e. The summed E-state index contributed by atoms with van der Waals surface area (Å²) in [6.07, 6.45) is 4.76. The number of hydrogen-bond acceptors (Lipinski definition) is 7. The fourth-order valence-corrected chi connectivity index (χ4v) is 7.89. The molecule has 226 valence electrons. The number of aryl methyl sites for hydroxylation is 2. The largest absolute Gasteiger partial charge is 0.478 e. The van der Waals surface area contributed by atoms with Gasteiger partial charge in [-0.05, 0) is 110 Å². The van der Waals surface area contributed by atoms with Crippen LogP contribution in [0.5, 0.6) is 0 Å². The lowest BCUT2D eigenvalue weighted by Crippen LogP contribution is -2.50. The predicted molar refractivity (Wildman–Crippen MR) is 173 cm³/mol. The number of fused-ring (bicyclic) bond motifs is 1. The number of pyridine rings is 2. The number of nitrogens with zero attached hydrogens (tertiary/aromatic N) is 3. The van der Waals surface area contributed by atoms with Crippen molar-refractivity contribution in [2.75, 3.05) is 5.32 Å². The van der Waals surface area contributed by atoms with Crippen LogP contribution in [0, 0.1) is 6.92 Å². The quantitative estimate of drug-likeness (QED) is 0.190. The normalized spacial score (nSPS) is 17.8. The number of nitrogens with one attached hydrogen (secondary N) is 1. The van der Waals surface area contributed by atoms with Crippen LogP contribution in [0.2, 0.25) is 18.1 Å². The molecule has 0 aliphatic heterocycles. The zero-order valence-electron chi connectivity index (χ0n) is 25.8. The minimum absolute atomic E-state index is 0.0390. The number of anilines is 2. The highest BCUT2D eigenvalue weighted by Gasteiger charge is 2.50. The van der Waals surface area contributed by atoms with Gasteiger partial charge in [0.15, 0.2) is 8.32 Å². The molecule has 0 saturated heterocycles. The molecule has 2 N–H and O–H groups in total. The summed E-state index contributed by atoms with van der Waals surface area (Å²) in [4.78, 5) is 26.9. The lowest BCUT2D eigenvalue weighted by atomic mass is 9.79. The molecule has 3 heterocycles. The van der Waals surface area contributed by atoms with Crippen LogP contribution in [0.1, 0.15) is 84.3 Å². The van der Waals surface area contributed by atoms with E-state index in [4.69, 9.17) is 14.4 Å². The molecule has 3 aromatic heterocycles. The number of thiazole rings is 1. The summed E-state index contributed by atoms with van der Waals surface area (Å²) in [5, 5.41) is 13.7. The average molecular weight is 619 g/mol. The Labute approximate surface area is 257 Å². The van der Waals surface area contributed by atoms with E-state index in [0.717, 1.165) is 51.5 Å². The highest BCUT2D eigenvalue weighted by atomic mass is 32.1. The van der Waals surface area contributed by atoms with Crippen LogP contribution in [0.15, 0.2) is 54.9 Å². The summed E-state index contributed by atoms with van der Waals surface area (Å²) in [5.41, 5.74) is 3.82. The fraction of sp³-hybridized carbons (Fsp3) is 0.394. The van der Waals surface area contributed by atoms with Gasteiger partial charge in [-0.15, -0.1) is 11.3 Å². The maximum Gasteiger partial charge on any atom is 0.335 e. The summed E-state index contributed by atoms with van der Waals surface area (Å²) in [5.74, 6) is 0.201. The van der Waals surface area contributed by atoms with Gasteiger partial charge in [-0.3, -0.25) is 0 Å². The molecule has 1 aliphatic carbocycles. The number of carbonyl (C=O) groups is 1. The second-order valence-corrected chi connectivity index (χ2v) is 18.6. The Bertz CT molecular complexity index is 1670. The maximum absolute atomic E-state index is 13.9. The number of alkyl halides is 1. The van der Waals surface area contributed by atoms with Crippen LogP contribution in [0.3, 0.4) is 0 Å². The molecule has 0 saturated carbocycles. The molecule has 1 aromatic carbocycles. The molecule has 0 amide bonds. The van der Waals surface area contributed by atoms with E-state index in [2.05, 4.69) is 44.2 Å². The predicted octanol–water partition coefficient (Wildman–Crippen LogP) is 8.98. The van der Waals surface area contributed by atoms with Gasteiger partial charge in [0.2, 0.25) is 0 Å². The number of carboxylic acid groups (broad SMARTS) is 1. The summed E-state index contributed by atoms with van der Waals surface area (Å²) in [6, 6.07) is 12.7. The highest BCUT2D eigenvalue weighted by Crippen LogP contribution is 2.51. The SMILES string of the molecule is Cc1cc(Nc2cc(C(C)F)ccn2)nc(-c2cnc(C3(O[Si](C)(C)C(C)(C)C)CCCc4cc(C(=O)O)ccc43)s2)c1. The molecule has 5 rings (SSSR count). The van der Waals surface area contributed by atoms with E-state index in [9.17, 15) is 14.3 Å². The van der Waals surface area contributed by atoms with E-state index in [1.165, 1.54) is 6.92 Å². The Morgan fingerprint density at radius 1 is 1.14 bits per heavy atom. The summed E-state index contributed by atoms with van der Waals surface area (Å²) in [6.45, 7) is 14.7. The Balaban J connectivity index is 1.57. The number of rotatable bonds is 8. The molecule has 4 aromatic rings. The van der Waals surface area contributed by atoms with Gasteiger partial charge in [0.1, 0.15) is 28.4 Å². The molecule has 2 unspecified atom stereocenters. The zero-order chi connectivity index (χ0) is 31.2.